The Bertz CT molecular complexity index is 848. The van der Waals surface area contributed by atoms with E-state index in [4.69, 9.17) is 0 Å². The molecule has 1 aliphatic rings. The van der Waals surface area contributed by atoms with Crippen LogP contribution in [0.25, 0.3) is 0 Å². The number of carbonyl (C=O) groups excluding carboxylic acids is 3. The number of rotatable bonds is 6. The molecule has 0 aliphatic heterocycles. The van der Waals surface area contributed by atoms with E-state index < -0.39 is 17.6 Å². The third-order valence-corrected chi connectivity index (χ3v) is 6.04. The molecular formula is C20H22FN3O3S. The average Bonchev–Trinajstić information content (AvgIpc) is 3.36. The predicted octanol–water partition coefficient (Wildman–Crippen LogP) is 2.57. The Labute approximate surface area is 166 Å². The van der Waals surface area contributed by atoms with Gasteiger partial charge in [-0.2, -0.15) is 0 Å². The second kappa shape index (κ2) is 8.97. The molecule has 148 valence electrons. The zero-order chi connectivity index (χ0) is 20.0. The number of hydrogen-bond donors (Lipinski definition) is 3. The lowest BCUT2D eigenvalue weighted by Crippen LogP contribution is -2.45. The highest BCUT2D eigenvalue weighted by atomic mass is 32.1. The van der Waals surface area contributed by atoms with E-state index in [1.165, 1.54) is 23.1 Å². The van der Waals surface area contributed by atoms with Gasteiger partial charge in [0.15, 0.2) is 0 Å². The minimum atomic E-state index is -0.954. The van der Waals surface area contributed by atoms with Crippen LogP contribution in [-0.2, 0) is 19.8 Å². The molecule has 1 aromatic carbocycles. The monoisotopic (exact) mass is 403 g/mol. The molecule has 0 spiro atoms. The van der Waals surface area contributed by atoms with Crippen LogP contribution >= 0.6 is 11.3 Å². The molecule has 3 N–H and O–H groups in total. The lowest BCUT2D eigenvalue weighted by Gasteiger charge is -2.28. The van der Waals surface area contributed by atoms with E-state index in [1.807, 2.05) is 11.4 Å². The third kappa shape index (κ3) is 4.95. The molecule has 3 amide bonds. The van der Waals surface area contributed by atoms with Crippen molar-refractivity contribution in [3.05, 3.63) is 52.5 Å². The van der Waals surface area contributed by atoms with Crippen LogP contribution in [0.5, 0.6) is 0 Å². The van der Waals surface area contributed by atoms with Crippen LogP contribution in [0.3, 0.4) is 0 Å². The number of anilines is 1. The number of amides is 3. The topological polar surface area (TPSA) is 87.3 Å². The van der Waals surface area contributed by atoms with Crippen LogP contribution in [-0.4, -0.2) is 30.8 Å². The van der Waals surface area contributed by atoms with Crippen LogP contribution in [0.1, 0.15) is 30.6 Å². The molecule has 1 heterocycles. The Morgan fingerprint density at radius 1 is 1.04 bits per heavy atom. The summed E-state index contributed by atoms with van der Waals surface area (Å²) in [6.07, 6.45) is 4.31. The van der Waals surface area contributed by atoms with Crippen molar-refractivity contribution in [2.24, 2.45) is 0 Å². The van der Waals surface area contributed by atoms with Gasteiger partial charge in [0.2, 0.25) is 5.91 Å². The molecule has 8 heteroatoms. The number of benzene rings is 1. The van der Waals surface area contributed by atoms with E-state index in [0.29, 0.717) is 6.54 Å². The van der Waals surface area contributed by atoms with E-state index in [9.17, 15) is 18.8 Å². The first-order valence-electron chi connectivity index (χ1n) is 9.14. The highest BCUT2D eigenvalue weighted by molar-refractivity contribution is 7.10. The quantitative estimate of drug-likeness (QED) is 0.648. The smallest absolute Gasteiger partial charge is 0.313 e. The highest BCUT2D eigenvalue weighted by Gasteiger charge is 2.36. The summed E-state index contributed by atoms with van der Waals surface area (Å²) in [6.45, 7) is 0.216. The van der Waals surface area contributed by atoms with Gasteiger partial charge in [0.05, 0.1) is 6.54 Å². The molecule has 1 aromatic heterocycles. The van der Waals surface area contributed by atoms with Crippen molar-refractivity contribution in [3.63, 3.8) is 0 Å². The summed E-state index contributed by atoms with van der Waals surface area (Å²) in [5.74, 6) is -2.78. The first-order valence-corrected chi connectivity index (χ1v) is 10.0. The lowest BCUT2D eigenvalue weighted by atomic mass is 9.84. The summed E-state index contributed by atoms with van der Waals surface area (Å²) in [6, 6.07) is 9.33. The number of carbonyl (C=O) groups is 3. The molecule has 28 heavy (non-hydrogen) atoms. The van der Waals surface area contributed by atoms with Gasteiger partial charge in [0.1, 0.15) is 5.82 Å². The van der Waals surface area contributed by atoms with Gasteiger partial charge in [-0.25, -0.2) is 4.39 Å². The maximum atomic E-state index is 13.1. The molecule has 3 rings (SSSR count). The zero-order valence-corrected chi connectivity index (χ0v) is 16.1. The standard InChI is InChI=1S/C20H22FN3O3S/c21-14-5-3-6-15(11-14)24-19(27)18(26)22-12-17(25)23-13-20(8-1-2-9-20)16-7-4-10-28-16/h3-7,10-11H,1-2,8-9,12-13H2,(H,22,26)(H,23,25)(H,24,27). The zero-order valence-electron chi connectivity index (χ0n) is 15.3. The maximum absolute atomic E-state index is 13.1. The van der Waals surface area contributed by atoms with Gasteiger partial charge in [-0.1, -0.05) is 25.0 Å². The summed E-state index contributed by atoms with van der Waals surface area (Å²) in [5, 5.41) is 9.49. The molecule has 1 fully saturated rings. The molecule has 0 atom stereocenters. The Hall–Kier alpha value is -2.74. The van der Waals surface area contributed by atoms with Crippen LogP contribution in [0.15, 0.2) is 41.8 Å². The van der Waals surface area contributed by atoms with Crippen molar-refractivity contribution in [1.82, 2.24) is 10.6 Å². The minimum absolute atomic E-state index is 0.0391. The first-order chi connectivity index (χ1) is 13.5. The fourth-order valence-electron chi connectivity index (χ4n) is 3.47. The number of nitrogens with one attached hydrogen (secondary N) is 3. The molecule has 0 unspecified atom stereocenters. The number of thiophene rings is 1. The normalized spacial score (nSPS) is 15.0. The van der Waals surface area contributed by atoms with Crippen LogP contribution < -0.4 is 16.0 Å². The average molecular weight is 403 g/mol. The lowest BCUT2D eigenvalue weighted by molar-refractivity contribution is -0.136. The molecule has 2 aromatic rings. The molecule has 0 saturated heterocycles. The Morgan fingerprint density at radius 3 is 2.50 bits per heavy atom. The van der Waals surface area contributed by atoms with E-state index in [-0.39, 0.29) is 23.6 Å². The largest absolute Gasteiger partial charge is 0.354 e. The fourth-order valence-corrected chi connectivity index (χ4v) is 4.45. The van der Waals surface area contributed by atoms with Gasteiger partial charge >= 0.3 is 11.8 Å². The summed E-state index contributed by atoms with van der Waals surface area (Å²) < 4.78 is 13.1. The van der Waals surface area contributed by atoms with E-state index >= 15 is 0 Å². The highest BCUT2D eigenvalue weighted by Crippen LogP contribution is 2.42. The van der Waals surface area contributed by atoms with Crippen molar-refractivity contribution in [2.75, 3.05) is 18.4 Å². The Kier molecular flexibility index (Phi) is 6.41. The van der Waals surface area contributed by atoms with Gasteiger partial charge in [0, 0.05) is 22.5 Å². The van der Waals surface area contributed by atoms with E-state index in [2.05, 4.69) is 22.0 Å². The molecule has 1 aliphatic carbocycles. The third-order valence-electron chi connectivity index (χ3n) is 4.93. The second-order valence-electron chi connectivity index (χ2n) is 6.89. The minimum Gasteiger partial charge on any atom is -0.354 e. The number of halogens is 1. The van der Waals surface area contributed by atoms with Crippen LogP contribution in [0, 0.1) is 5.82 Å². The molecule has 1 saturated carbocycles. The Morgan fingerprint density at radius 2 is 1.82 bits per heavy atom. The van der Waals surface area contributed by atoms with Crippen molar-refractivity contribution in [2.45, 2.75) is 31.1 Å². The Balaban J connectivity index is 1.46. The summed E-state index contributed by atoms with van der Waals surface area (Å²) in [5.41, 5.74) is 0.131. The van der Waals surface area contributed by atoms with Gasteiger partial charge in [0.25, 0.3) is 0 Å². The summed E-state index contributed by atoms with van der Waals surface area (Å²) in [4.78, 5) is 37.1. The summed E-state index contributed by atoms with van der Waals surface area (Å²) >= 11 is 1.69. The van der Waals surface area contributed by atoms with Crippen molar-refractivity contribution in [3.8, 4) is 0 Å². The predicted molar refractivity (Wildman–Crippen MR) is 106 cm³/mol. The first kappa shape index (κ1) is 20.0. The van der Waals surface area contributed by atoms with Crippen molar-refractivity contribution >= 4 is 34.7 Å². The SMILES string of the molecule is O=C(CNC(=O)C(=O)Nc1cccc(F)c1)NCC1(c2cccs2)CCCC1. The second-order valence-corrected chi connectivity index (χ2v) is 7.84. The maximum Gasteiger partial charge on any atom is 0.313 e. The summed E-state index contributed by atoms with van der Waals surface area (Å²) in [7, 11) is 0. The van der Waals surface area contributed by atoms with Gasteiger partial charge in [-0.05, 0) is 42.5 Å². The molecular weight excluding hydrogens is 381 g/mol. The van der Waals surface area contributed by atoms with E-state index in [1.54, 1.807) is 11.3 Å². The van der Waals surface area contributed by atoms with E-state index in [0.717, 1.165) is 31.7 Å². The fraction of sp³-hybridized carbons (Fsp3) is 0.350. The van der Waals surface area contributed by atoms with Gasteiger partial charge in [-0.15, -0.1) is 11.3 Å². The van der Waals surface area contributed by atoms with Crippen molar-refractivity contribution < 1.29 is 18.8 Å². The van der Waals surface area contributed by atoms with Gasteiger partial charge < -0.3 is 16.0 Å². The molecule has 6 nitrogen and oxygen atoms in total. The van der Waals surface area contributed by atoms with Crippen molar-refractivity contribution in [1.29, 1.82) is 0 Å². The number of hydrogen-bond acceptors (Lipinski definition) is 4. The molecule has 0 bridgehead atoms. The van der Waals surface area contributed by atoms with Crippen LogP contribution in [0.4, 0.5) is 10.1 Å². The van der Waals surface area contributed by atoms with Crippen LogP contribution in [0.2, 0.25) is 0 Å². The van der Waals surface area contributed by atoms with Gasteiger partial charge in [-0.3, -0.25) is 14.4 Å². The molecule has 0 radical (unpaired) electrons.